The first-order chi connectivity index (χ1) is 14.2. The minimum Gasteiger partial charge on any atom is -0.0731 e. The predicted molar refractivity (Wildman–Crippen MR) is 169 cm³/mol. The van der Waals surface area contributed by atoms with Gasteiger partial charge in [-0.15, -0.1) is 0 Å². The highest BCUT2D eigenvalue weighted by Gasteiger charge is 2.59. The normalized spacial score (nSPS) is 15.5. The Morgan fingerprint density at radius 1 is 0.515 bits per heavy atom. The number of rotatable bonds is 5. The molecular formula is C28H56P2Si3. The minimum absolute atomic E-state index is 0.138. The van der Waals surface area contributed by atoms with Gasteiger partial charge in [-0.05, 0) is 40.8 Å². The van der Waals surface area contributed by atoms with Gasteiger partial charge in [-0.1, -0.05) is 141 Å². The molecule has 0 unspecified atom stereocenters. The standard InChI is InChI=1S/C28H56P2Si3/c1-25(2,3)21-19-22(26(4,5)6)24(23(20-21)27(7,8)9)29-30-28(31(10,11)12,32(13,14)15)33(16,17)18/h19-20H,1-18H3. The molecule has 1 aromatic rings. The molecule has 0 bridgehead atoms. The zero-order valence-electron chi connectivity index (χ0n) is 25.5. The van der Waals surface area contributed by atoms with Crippen molar-refractivity contribution in [1.29, 1.82) is 0 Å². The minimum atomic E-state index is -1.42. The summed E-state index contributed by atoms with van der Waals surface area (Å²) in [7, 11) is -1.03. The molecule has 0 aliphatic heterocycles. The Morgan fingerprint density at radius 2 is 0.818 bits per heavy atom. The first-order valence-electron chi connectivity index (χ1n) is 12.8. The van der Waals surface area contributed by atoms with Crippen molar-refractivity contribution in [2.75, 3.05) is 0 Å². The van der Waals surface area contributed by atoms with E-state index in [2.05, 4.69) is 133 Å². The van der Waals surface area contributed by atoms with E-state index in [9.17, 15) is 0 Å². The Hall–Kier alpha value is 0.471. The van der Waals surface area contributed by atoms with Gasteiger partial charge in [0.15, 0.2) is 0 Å². The van der Waals surface area contributed by atoms with E-state index >= 15 is 0 Å². The molecule has 0 saturated heterocycles. The Bertz CT molecular complexity index is 802. The monoisotopic (exact) mass is 538 g/mol. The molecule has 0 saturated carbocycles. The number of hydrogen-bond acceptors (Lipinski definition) is 0. The second kappa shape index (κ2) is 9.41. The Kier molecular flexibility index (Phi) is 8.98. The maximum absolute atomic E-state index is 2.67. The van der Waals surface area contributed by atoms with Gasteiger partial charge >= 0.3 is 0 Å². The molecule has 0 heterocycles. The molecule has 33 heavy (non-hydrogen) atoms. The lowest BCUT2D eigenvalue weighted by Crippen LogP contribution is -2.73. The van der Waals surface area contributed by atoms with E-state index in [4.69, 9.17) is 0 Å². The molecule has 0 fully saturated rings. The molecule has 0 atom stereocenters. The topological polar surface area (TPSA) is 0 Å². The molecule has 0 N–H and O–H groups in total. The van der Waals surface area contributed by atoms with Crippen molar-refractivity contribution in [3.8, 4) is 0 Å². The highest BCUT2D eigenvalue weighted by atomic mass is 31.7. The molecule has 0 aromatic heterocycles. The van der Waals surface area contributed by atoms with E-state index in [1.165, 1.54) is 5.56 Å². The summed E-state index contributed by atoms with van der Waals surface area (Å²) in [6.45, 7) is 45.6. The Balaban J connectivity index is 4.21. The summed E-state index contributed by atoms with van der Waals surface area (Å²) < 4.78 is 0.557. The van der Waals surface area contributed by atoms with Gasteiger partial charge in [-0.3, -0.25) is 0 Å². The van der Waals surface area contributed by atoms with Gasteiger partial charge in [0.1, 0.15) is 0 Å². The molecule has 0 amide bonds. The summed E-state index contributed by atoms with van der Waals surface area (Å²) >= 11 is 0. The molecule has 1 rings (SSSR count). The van der Waals surface area contributed by atoms with Gasteiger partial charge in [0.2, 0.25) is 0 Å². The van der Waals surface area contributed by atoms with Gasteiger partial charge in [0.05, 0.1) is 24.2 Å². The van der Waals surface area contributed by atoms with Crippen molar-refractivity contribution in [2.24, 2.45) is 0 Å². The zero-order valence-corrected chi connectivity index (χ0v) is 30.3. The summed E-state index contributed by atoms with van der Waals surface area (Å²) in [5, 5.41) is 1.63. The van der Waals surface area contributed by atoms with Crippen LogP contribution in [0.1, 0.15) is 79.0 Å². The van der Waals surface area contributed by atoms with Crippen molar-refractivity contribution < 1.29 is 0 Å². The van der Waals surface area contributed by atoms with Crippen LogP contribution in [0.4, 0.5) is 0 Å². The van der Waals surface area contributed by atoms with Crippen LogP contribution in [0.15, 0.2) is 12.1 Å². The van der Waals surface area contributed by atoms with Crippen molar-refractivity contribution in [3.05, 3.63) is 28.8 Å². The summed E-state index contributed by atoms with van der Waals surface area (Å²) in [5.74, 6) is 0. The molecule has 1 aromatic carbocycles. The lowest BCUT2D eigenvalue weighted by atomic mass is 9.75. The van der Waals surface area contributed by atoms with Crippen LogP contribution in [0.5, 0.6) is 0 Å². The predicted octanol–water partition coefficient (Wildman–Crippen LogP) is 10.4. The fraction of sp³-hybridized carbons (Fsp3) is 0.786. The summed E-state index contributed by atoms with van der Waals surface area (Å²) in [6.07, 6.45) is 0. The van der Waals surface area contributed by atoms with Crippen molar-refractivity contribution in [3.63, 3.8) is 0 Å². The SMILES string of the molecule is CC(C)(C)c1cc(C(C)(C)C)c(P=PC([Si](C)(C)C)([Si](C)(C)C)[Si](C)(C)C)c(C(C)(C)C)c1. The quantitative estimate of drug-likeness (QED) is 0.258. The van der Waals surface area contributed by atoms with Crippen molar-refractivity contribution >= 4 is 45.3 Å². The van der Waals surface area contributed by atoms with Crippen LogP contribution in [-0.2, 0) is 16.2 Å². The van der Waals surface area contributed by atoms with E-state index in [1.54, 1.807) is 32.2 Å². The summed E-state index contributed by atoms with van der Waals surface area (Å²) in [4.78, 5) is 0. The maximum atomic E-state index is 2.67. The lowest BCUT2D eigenvalue weighted by molar-refractivity contribution is 0.554. The largest absolute Gasteiger partial charge is 0.0731 e. The highest BCUT2D eigenvalue weighted by Crippen LogP contribution is 2.53. The second-order valence-corrected chi connectivity index (χ2v) is 37.6. The smallest absolute Gasteiger partial charge is 0.0546 e. The maximum Gasteiger partial charge on any atom is 0.0546 e. The van der Waals surface area contributed by atoms with E-state index in [0.717, 1.165) is 0 Å². The molecule has 0 nitrogen and oxygen atoms in total. The number of benzene rings is 1. The van der Waals surface area contributed by atoms with Gasteiger partial charge in [0.25, 0.3) is 0 Å². The van der Waals surface area contributed by atoms with Crippen LogP contribution in [0.3, 0.4) is 0 Å². The molecule has 0 aliphatic carbocycles. The van der Waals surface area contributed by atoms with Crippen molar-refractivity contribution in [1.82, 2.24) is 0 Å². The Labute approximate surface area is 215 Å². The third-order valence-corrected chi connectivity index (χ3v) is 38.8. The first kappa shape index (κ1) is 31.5. The third-order valence-electron chi connectivity index (χ3n) is 7.15. The molecule has 0 spiro atoms. The van der Waals surface area contributed by atoms with Gasteiger partial charge in [0, 0.05) is 9.33 Å². The van der Waals surface area contributed by atoms with Crippen LogP contribution in [0.25, 0.3) is 0 Å². The Morgan fingerprint density at radius 3 is 1.03 bits per heavy atom. The van der Waals surface area contributed by atoms with E-state index < -0.39 is 24.2 Å². The van der Waals surface area contributed by atoms with Gasteiger partial charge in [-0.2, -0.15) is 0 Å². The molecular weight excluding hydrogens is 483 g/mol. The average Bonchev–Trinajstić information content (AvgIpc) is 2.47. The molecule has 0 aliphatic rings. The van der Waals surface area contributed by atoms with Crippen LogP contribution in [-0.4, -0.2) is 28.2 Å². The first-order valence-corrected chi connectivity index (χ1v) is 25.8. The fourth-order valence-corrected chi connectivity index (χ4v) is 49.0. The van der Waals surface area contributed by atoms with Gasteiger partial charge in [-0.25, -0.2) is 0 Å². The molecule has 5 heteroatoms. The van der Waals surface area contributed by atoms with Gasteiger partial charge < -0.3 is 0 Å². The van der Waals surface area contributed by atoms with E-state index in [0.29, 0.717) is 4.03 Å². The summed E-state index contributed by atoms with van der Waals surface area (Å²) in [5.41, 5.74) is 5.07. The molecule has 190 valence electrons. The zero-order chi connectivity index (χ0) is 26.6. The average molecular weight is 539 g/mol. The highest BCUT2D eigenvalue weighted by molar-refractivity contribution is 7.92. The van der Waals surface area contributed by atoms with Crippen LogP contribution >= 0.6 is 15.7 Å². The van der Waals surface area contributed by atoms with E-state index in [1.807, 2.05) is 0 Å². The lowest BCUT2D eigenvalue weighted by Gasteiger charge is -2.56. The van der Waals surface area contributed by atoms with Crippen LogP contribution < -0.4 is 5.30 Å². The second-order valence-electron chi connectivity index (χ2n) is 16.3. The van der Waals surface area contributed by atoms with Crippen molar-refractivity contribution in [2.45, 2.75) is 142 Å². The van der Waals surface area contributed by atoms with Crippen LogP contribution in [0.2, 0.25) is 58.9 Å². The summed E-state index contributed by atoms with van der Waals surface area (Å²) in [6, 6.07) is 5.12. The fourth-order valence-electron chi connectivity index (χ4n) is 6.27. The number of hydrogen-bond donors (Lipinski definition) is 0. The van der Waals surface area contributed by atoms with E-state index in [-0.39, 0.29) is 16.2 Å². The van der Waals surface area contributed by atoms with Crippen LogP contribution in [0, 0.1) is 0 Å². The third kappa shape index (κ3) is 6.62. The molecule has 0 radical (unpaired) electrons.